The predicted molar refractivity (Wildman–Crippen MR) is 85.6 cm³/mol. The van der Waals surface area contributed by atoms with Crippen LogP contribution in [0.4, 0.5) is 0 Å². The zero-order chi connectivity index (χ0) is 17.2. The summed E-state index contributed by atoms with van der Waals surface area (Å²) in [6.07, 6.45) is 1.24. The first-order valence-corrected chi connectivity index (χ1v) is 7.92. The van der Waals surface area contributed by atoms with Crippen LogP contribution in [0.5, 0.6) is 0 Å². The number of benzene rings is 1. The second kappa shape index (κ2) is 6.48. The lowest BCUT2D eigenvalue weighted by Gasteiger charge is -2.33. The fourth-order valence-electron chi connectivity index (χ4n) is 2.82. The third kappa shape index (κ3) is 2.91. The number of ether oxygens (including phenoxy) is 1. The number of oxazole rings is 1. The average Bonchev–Trinajstić information content (AvgIpc) is 3.32. The van der Waals surface area contributed by atoms with Gasteiger partial charge in [0.2, 0.25) is 18.0 Å². The van der Waals surface area contributed by atoms with Crippen molar-refractivity contribution in [2.45, 2.75) is 13.0 Å². The highest BCUT2D eigenvalue weighted by Gasteiger charge is 2.34. The van der Waals surface area contributed by atoms with Crippen LogP contribution in [0.2, 0.25) is 0 Å². The van der Waals surface area contributed by atoms with Gasteiger partial charge in [0.1, 0.15) is 6.04 Å². The van der Waals surface area contributed by atoms with E-state index in [1.807, 2.05) is 30.3 Å². The summed E-state index contributed by atoms with van der Waals surface area (Å²) >= 11 is 0. The Bertz CT molecular complexity index is 860. The van der Waals surface area contributed by atoms with Crippen molar-refractivity contribution in [2.24, 2.45) is 0 Å². The Balaban J connectivity index is 1.65. The SMILES string of the molecule is Cc1nc(-c2ccccc2)oc1C(=O)N1CCOCC1c1ncon1. The van der Waals surface area contributed by atoms with Gasteiger partial charge in [-0.05, 0) is 19.1 Å². The molecule has 1 aliphatic heterocycles. The molecule has 1 atom stereocenters. The maximum atomic E-state index is 13.0. The largest absolute Gasteiger partial charge is 0.431 e. The van der Waals surface area contributed by atoms with Crippen LogP contribution in [-0.4, -0.2) is 45.7 Å². The molecule has 25 heavy (non-hydrogen) atoms. The summed E-state index contributed by atoms with van der Waals surface area (Å²) in [4.78, 5) is 23.1. The monoisotopic (exact) mass is 340 g/mol. The molecule has 0 saturated carbocycles. The molecule has 1 saturated heterocycles. The van der Waals surface area contributed by atoms with Crippen molar-refractivity contribution in [1.82, 2.24) is 20.0 Å². The topological polar surface area (TPSA) is 94.5 Å². The zero-order valence-electron chi connectivity index (χ0n) is 13.6. The molecule has 0 aliphatic carbocycles. The zero-order valence-corrected chi connectivity index (χ0v) is 13.6. The van der Waals surface area contributed by atoms with Crippen LogP contribution < -0.4 is 0 Å². The molecule has 0 N–H and O–H groups in total. The molecule has 1 amide bonds. The molecule has 2 aromatic heterocycles. The van der Waals surface area contributed by atoms with Gasteiger partial charge >= 0.3 is 0 Å². The highest BCUT2D eigenvalue weighted by molar-refractivity contribution is 5.93. The van der Waals surface area contributed by atoms with Gasteiger partial charge < -0.3 is 18.6 Å². The van der Waals surface area contributed by atoms with Gasteiger partial charge in [-0.3, -0.25) is 4.79 Å². The van der Waals surface area contributed by atoms with Gasteiger partial charge in [0.25, 0.3) is 5.91 Å². The Kier molecular flexibility index (Phi) is 4.02. The Morgan fingerprint density at radius 1 is 1.28 bits per heavy atom. The van der Waals surface area contributed by atoms with Gasteiger partial charge in [-0.2, -0.15) is 4.98 Å². The molecular formula is C17H16N4O4. The minimum absolute atomic E-state index is 0.217. The molecule has 3 aromatic rings. The van der Waals surface area contributed by atoms with E-state index in [0.29, 0.717) is 37.2 Å². The molecular weight excluding hydrogens is 324 g/mol. The second-order valence-electron chi connectivity index (χ2n) is 5.68. The minimum atomic E-state index is -0.412. The van der Waals surface area contributed by atoms with Gasteiger partial charge in [-0.15, -0.1) is 0 Å². The maximum Gasteiger partial charge on any atom is 0.292 e. The molecule has 4 rings (SSSR count). The van der Waals surface area contributed by atoms with Crippen molar-refractivity contribution >= 4 is 5.91 Å². The summed E-state index contributed by atoms with van der Waals surface area (Å²) in [5.74, 6) is 0.791. The lowest BCUT2D eigenvalue weighted by molar-refractivity contribution is -0.00730. The van der Waals surface area contributed by atoms with E-state index >= 15 is 0 Å². The number of amides is 1. The molecule has 0 radical (unpaired) electrons. The number of aryl methyl sites for hydroxylation is 1. The number of rotatable bonds is 3. The third-order valence-electron chi connectivity index (χ3n) is 4.08. The van der Waals surface area contributed by atoms with Crippen LogP contribution in [0.15, 0.2) is 45.7 Å². The highest BCUT2D eigenvalue weighted by Crippen LogP contribution is 2.27. The van der Waals surface area contributed by atoms with Gasteiger partial charge in [0, 0.05) is 12.1 Å². The predicted octanol–water partition coefficient (Wildman–Crippen LogP) is 2.25. The van der Waals surface area contributed by atoms with E-state index in [9.17, 15) is 4.79 Å². The molecule has 8 heteroatoms. The number of aromatic nitrogens is 3. The normalized spacial score (nSPS) is 17.6. The summed E-state index contributed by atoms with van der Waals surface area (Å²) < 4.78 is 16.0. The molecule has 3 heterocycles. The first-order valence-electron chi connectivity index (χ1n) is 7.92. The summed E-state index contributed by atoms with van der Waals surface area (Å²) in [5.41, 5.74) is 1.36. The summed E-state index contributed by atoms with van der Waals surface area (Å²) in [6, 6.07) is 9.06. The number of nitrogens with zero attached hydrogens (tertiary/aromatic N) is 4. The van der Waals surface area contributed by atoms with E-state index in [4.69, 9.17) is 13.7 Å². The van der Waals surface area contributed by atoms with Crippen LogP contribution >= 0.6 is 0 Å². The minimum Gasteiger partial charge on any atom is -0.431 e. The smallest absolute Gasteiger partial charge is 0.292 e. The van der Waals surface area contributed by atoms with Crippen molar-refractivity contribution in [3.63, 3.8) is 0 Å². The van der Waals surface area contributed by atoms with E-state index in [1.165, 1.54) is 6.39 Å². The standard InChI is InChI=1S/C17H16N4O4/c1-11-14(25-16(19-11)12-5-3-2-4-6-12)17(22)21-7-8-23-9-13(21)15-18-10-24-20-15/h2-6,10,13H,7-9H2,1H3. The number of morpholine rings is 1. The van der Waals surface area contributed by atoms with Crippen molar-refractivity contribution in [1.29, 1.82) is 0 Å². The quantitative estimate of drug-likeness (QED) is 0.721. The maximum absolute atomic E-state index is 13.0. The fourth-order valence-corrected chi connectivity index (χ4v) is 2.82. The summed E-state index contributed by atoms with van der Waals surface area (Å²) in [6.45, 7) is 2.93. The first-order chi connectivity index (χ1) is 12.2. The Hall–Kier alpha value is -3.00. The summed E-state index contributed by atoms with van der Waals surface area (Å²) in [5, 5.41) is 3.84. The lowest BCUT2D eigenvalue weighted by Crippen LogP contribution is -2.44. The average molecular weight is 340 g/mol. The second-order valence-corrected chi connectivity index (χ2v) is 5.68. The molecule has 8 nitrogen and oxygen atoms in total. The molecule has 1 aliphatic rings. The number of carbonyl (C=O) groups excluding carboxylic acids is 1. The van der Waals surface area contributed by atoms with E-state index in [2.05, 4.69) is 15.1 Å². The number of hydrogen-bond acceptors (Lipinski definition) is 7. The summed E-state index contributed by atoms with van der Waals surface area (Å²) in [7, 11) is 0. The van der Waals surface area contributed by atoms with Gasteiger partial charge in [0.15, 0.2) is 5.82 Å². The Morgan fingerprint density at radius 2 is 2.12 bits per heavy atom. The van der Waals surface area contributed by atoms with Crippen LogP contribution in [0.25, 0.3) is 11.5 Å². The van der Waals surface area contributed by atoms with Gasteiger partial charge in [-0.1, -0.05) is 23.4 Å². The molecule has 1 unspecified atom stereocenters. The van der Waals surface area contributed by atoms with Crippen LogP contribution in [0, 0.1) is 6.92 Å². The molecule has 1 fully saturated rings. The highest BCUT2D eigenvalue weighted by atomic mass is 16.5. The molecule has 0 spiro atoms. The first kappa shape index (κ1) is 15.5. The Labute approximate surface area is 143 Å². The number of hydrogen-bond donors (Lipinski definition) is 0. The van der Waals surface area contributed by atoms with Crippen molar-refractivity contribution in [2.75, 3.05) is 19.8 Å². The van der Waals surface area contributed by atoms with Crippen molar-refractivity contribution in [3.05, 3.63) is 54.0 Å². The molecule has 128 valence electrons. The van der Waals surface area contributed by atoms with Crippen LogP contribution in [0.1, 0.15) is 28.1 Å². The van der Waals surface area contributed by atoms with Crippen molar-refractivity contribution < 1.29 is 18.5 Å². The Morgan fingerprint density at radius 3 is 2.88 bits per heavy atom. The van der Waals surface area contributed by atoms with Crippen LogP contribution in [-0.2, 0) is 4.74 Å². The van der Waals surface area contributed by atoms with Gasteiger partial charge in [0.05, 0.1) is 18.9 Å². The van der Waals surface area contributed by atoms with Crippen LogP contribution in [0.3, 0.4) is 0 Å². The fraction of sp³-hybridized carbons (Fsp3) is 0.294. The molecule has 0 bridgehead atoms. The third-order valence-corrected chi connectivity index (χ3v) is 4.08. The number of carbonyl (C=O) groups is 1. The van der Waals surface area contributed by atoms with Gasteiger partial charge in [-0.25, -0.2) is 4.98 Å². The lowest BCUT2D eigenvalue weighted by atomic mass is 10.2. The van der Waals surface area contributed by atoms with E-state index in [1.54, 1.807) is 11.8 Å². The van der Waals surface area contributed by atoms with E-state index in [0.717, 1.165) is 5.56 Å². The van der Waals surface area contributed by atoms with E-state index in [-0.39, 0.29) is 11.7 Å². The molecule has 1 aromatic carbocycles. The van der Waals surface area contributed by atoms with E-state index < -0.39 is 6.04 Å². The van der Waals surface area contributed by atoms with Crippen molar-refractivity contribution in [3.8, 4) is 11.5 Å².